The Kier molecular flexibility index (Phi) is 5.97. The number of aromatic nitrogens is 4. The summed E-state index contributed by atoms with van der Waals surface area (Å²) in [4.78, 5) is 4.39. The SMILES string of the molecule is Cn1cnnc1-c1c(-c2ccccc2)ccc(F)c1-c1nc2cc(CNCC3COC3)c(F)c(F)c2o1. The van der Waals surface area contributed by atoms with Crippen molar-refractivity contribution >= 4 is 11.1 Å². The number of rotatable bonds is 7. The fraction of sp³-hybridized carbons (Fsp3) is 0.222. The Balaban J connectivity index is 1.49. The van der Waals surface area contributed by atoms with Crippen molar-refractivity contribution in [3.8, 4) is 34.0 Å². The number of hydrogen-bond acceptors (Lipinski definition) is 6. The first-order valence-electron chi connectivity index (χ1n) is 11.8. The Bertz CT molecular complexity index is 1600. The van der Waals surface area contributed by atoms with Crippen LogP contribution >= 0.6 is 0 Å². The van der Waals surface area contributed by atoms with Gasteiger partial charge in [-0.3, -0.25) is 0 Å². The minimum Gasteiger partial charge on any atom is -0.433 e. The fourth-order valence-corrected chi connectivity index (χ4v) is 4.49. The summed E-state index contributed by atoms with van der Waals surface area (Å²) < 4.78 is 57.9. The van der Waals surface area contributed by atoms with Crippen LogP contribution in [0.1, 0.15) is 5.56 Å². The topological polar surface area (TPSA) is 78.0 Å². The highest BCUT2D eigenvalue weighted by atomic mass is 19.2. The predicted octanol–water partition coefficient (Wildman–Crippen LogP) is 5.11. The van der Waals surface area contributed by atoms with Crippen LogP contribution in [0.3, 0.4) is 0 Å². The normalized spacial score (nSPS) is 13.8. The minimum absolute atomic E-state index is 0.0156. The van der Waals surface area contributed by atoms with E-state index in [9.17, 15) is 4.39 Å². The lowest BCUT2D eigenvalue weighted by Gasteiger charge is -2.26. The second kappa shape index (κ2) is 9.45. The summed E-state index contributed by atoms with van der Waals surface area (Å²) in [5.41, 5.74) is 1.65. The Morgan fingerprint density at radius 2 is 1.84 bits per heavy atom. The van der Waals surface area contributed by atoms with Gasteiger partial charge in [-0.15, -0.1) is 10.2 Å². The Labute approximate surface area is 209 Å². The van der Waals surface area contributed by atoms with Gasteiger partial charge in [0, 0.05) is 37.2 Å². The Morgan fingerprint density at radius 1 is 1.03 bits per heavy atom. The molecule has 1 aliphatic rings. The largest absolute Gasteiger partial charge is 0.433 e. The maximum Gasteiger partial charge on any atom is 0.231 e. The van der Waals surface area contributed by atoms with Crippen LogP contribution in [0, 0.1) is 23.4 Å². The van der Waals surface area contributed by atoms with Crippen molar-refractivity contribution in [1.82, 2.24) is 25.1 Å². The molecule has 0 atom stereocenters. The van der Waals surface area contributed by atoms with Gasteiger partial charge in [-0.05, 0) is 23.3 Å². The monoisotopic (exact) mass is 505 g/mol. The number of halogens is 3. The number of nitrogens with zero attached hydrogens (tertiary/aromatic N) is 4. The van der Waals surface area contributed by atoms with E-state index < -0.39 is 17.5 Å². The molecule has 0 aliphatic carbocycles. The van der Waals surface area contributed by atoms with Crippen molar-refractivity contribution in [2.45, 2.75) is 6.54 Å². The lowest BCUT2D eigenvalue weighted by atomic mass is 9.94. The molecule has 2 aromatic heterocycles. The lowest BCUT2D eigenvalue weighted by Crippen LogP contribution is -2.36. The Hall–Kier alpha value is -4.02. The number of ether oxygens (including phenoxy) is 1. The van der Waals surface area contributed by atoms with Crippen molar-refractivity contribution in [1.29, 1.82) is 0 Å². The van der Waals surface area contributed by atoms with Crippen LogP contribution in [0.4, 0.5) is 13.2 Å². The second-order valence-electron chi connectivity index (χ2n) is 9.04. The van der Waals surface area contributed by atoms with Gasteiger partial charge in [-0.2, -0.15) is 4.39 Å². The molecule has 3 aromatic carbocycles. The zero-order chi connectivity index (χ0) is 25.5. The summed E-state index contributed by atoms with van der Waals surface area (Å²) in [6.45, 7) is 2.04. The van der Waals surface area contributed by atoms with E-state index in [4.69, 9.17) is 9.15 Å². The first kappa shape index (κ1) is 23.4. The summed E-state index contributed by atoms with van der Waals surface area (Å²) in [5, 5.41) is 11.2. The van der Waals surface area contributed by atoms with Crippen LogP contribution < -0.4 is 5.32 Å². The maximum absolute atomic E-state index is 15.5. The zero-order valence-electron chi connectivity index (χ0n) is 19.8. The molecule has 37 heavy (non-hydrogen) atoms. The van der Waals surface area contributed by atoms with Gasteiger partial charge in [0.05, 0.1) is 18.8 Å². The van der Waals surface area contributed by atoms with Crippen LogP contribution in [0.15, 0.2) is 59.3 Å². The second-order valence-corrected chi connectivity index (χ2v) is 9.04. The number of fused-ring (bicyclic) bond motifs is 1. The van der Waals surface area contributed by atoms with Crippen molar-refractivity contribution in [3.63, 3.8) is 0 Å². The molecule has 10 heteroatoms. The summed E-state index contributed by atoms with van der Waals surface area (Å²) in [7, 11) is 1.73. The van der Waals surface area contributed by atoms with Gasteiger partial charge >= 0.3 is 0 Å². The molecule has 0 amide bonds. The molecule has 6 rings (SSSR count). The van der Waals surface area contributed by atoms with Crippen LogP contribution in [-0.2, 0) is 18.3 Å². The van der Waals surface area contributed by atoms with Crippen LogP contribution in [0.2, 0.25) is 0 Å². The van der Waals surface area contributed by atoms with Gasteiger partial charge in [0.2, 0.25) is 11.7 Å². The highest BCUT2D eigenvalue weighted by molar-refractivity contribution is 5.92. The van der Waals surface area contributed by atoms with E-state index in [-0.39, 0.29) is 34.7 Å². The van der Waals surface area contributed by atoms with Gasteiger partial charge in [0.15, 0.2) is 17.2 Å². The molecule has 1 fully saturated rings. The molecule has 7 nitrogen and oxygen atoms in total. The predicted molar refractivity (Wildman–Crippen MR) is 131 cm³/mol. The highest BCUT2D eigenvalue weighted by Crippen LogP contribution is 2.41. The third-order valence-electron chi connectivity index (χ3n) is 6.48. The number of nitrogens with one attached hydrogen (secondary N) is 1. The first-order chi connectivity index (χ1) is 18.0. The quantitative estimate of drug-likeness (QED) is 0.331. The van der Waals surface area contributed by atoms with E-state index >= 15 is 8.78 Å². The molecule has 1 aliphatic heterocycles. The summed E-state index contributed by atoms with van der Waals surface area (Å²) in [6.07, 6.45) is 1.49. The molecular formula is C27H22F3N5O2. The van der Waals surface area contributed by atoms with Gasteiger partial charge < -0.3 is 19.0 Å². The molecule has 3 heterocycles. The zero-order valence-corrected chi connectivity index (χ0v) is 19.8. The van der Waals surface area contributed by atoms with E-state index in [0.29, 0.717) is 42.6 Å². The van der Waals surface area contributed by atoms with E-state index in [2.05, 4.69) is 20.5 Å². The van der Waals surface area contributed by atoms with E-state index in [1.165, 1.54) is 18.5 Å². The van der Waals surface area contributed by atoms with E-state index in [1.54, 1.807) is 17.7 Å². The van der Waals surface area contributed by atoms with Crippen LogP contribution in [0.25, 0.3) is 45.1 Å². The van der Waals surface area contributed by atoms with Crippen LogP contribution in [-0.4, -0.2) is 39.5 Å². The molecule has 0 unspecified atom stereocenters. The molecule has 1 N–H and O–H groups in total. The minimum atomic E-state index is -1.17. The summed E-state index contributed by atoms with van der Waals surface area (Å²) >= 11 is 0. The van der Waals surface area contributed by atoms with E-state index in [0.717, 1.165) is 5.56 Å². The number of oxazole rings is 1. The third-order valence-corrected chi connectivity index (χ3v) is 6.48. The third kappa shape index (κ3) is 4.17. The van der Waals surface area contributed by atoms with Crippen molar-refractivity contribution in [2.24, 2.45) is 13.0 Å². The molecular weight excluding hydrogens is 483 g/mol. The number of hydrogen-bond donors (Lipinski definition) is 1. The van der Waals surface area contributed by atoms with Gasteiger partial charge in [0.25, 0.3) is 0 Å². The summed E-state index contributed by atoms with van der Waals surface area (Å²) in [6, 6.07) is 13.7. The van der Waals surface area contributed by atoms with Crippen molar-refractivity contribution in [2.75, 3.05) is 19.8 Å². The number of aryl methyl sites for hydroxylation is 1. The fourth-order valence-electron chi connectivity index (χ4n) is 4.49. The van der Waals surface area contributed by atoms with Crippen molar-refractivity contribution in [3.05, 3.63) is 77.9 Å². The first-order valence-corrected chi connectivity index (χ1v) is 11.8. The average molecular weight is 506 g/mol. The summed E-state index contributed by atoms with van der Waals surface area (Å²) in [5.74, 6) is -2.30. The van der Waals surface area contributed by atoms with E-state index in [1.807, 2.05) is 30.3 Å². The molecule has 5 aromatic rings. The lowest BCUT2D eigenvalue weighted by molar-refractivity contribution is -0.0307. The smallest absolute Gasteiger partial charge is 0.231 e. The van der Waals surface area contributed by atoms with Gasteiger partial charge in [-0.25, -0.2) is 13.8 Å². The molecule has 188 valence electrons. The molecule has 1 saturated heterocycles. The Morgan fingerprint density at radius 3 is 2.54 bits per heavy atom. The maximum atomic E-state index is 15.5. The average Bonchev–Trinajstić information content (AvgIpc) is 3.50. The highest BCUT2D eigenvalue weighted by Gasteiger charge is 2.27. The number of benzene rings is 3. The molecule has 0 radical (unpaired) electrons. The van der Waals surface area contributed by atoms with Gasteiger partial charge in [0.1, 0.15) is 17.7 Å². The van der Waals surface area contributed by atoms with Crippen LogP contribution in [0.5, 0.6) is 0 Å². The molecule has 0 saturated carbocycles. The van der Waals surface area contributed by atoms with Gasteiger partial charge in [-0.1, -0.05) is 36.4 Å². The standard InChI is InChI=1S/C27H22F3N5O2/c1-35-14-32-34-26(35)21-18(16-5-3-2-4-6-16)7-8-19(28)22(21)27-33-20-9-17(11-31-10-15-12-36-13-15)23(29)24(30)25(20)37-27/h2-9,14-15,31H,10-13H2,1H3. The van der Waals surface area contributed by atoms with Crippen molar-refractivity contribution < 1.29 is 22.3 Å². The molecule has 0 bridgehead atoms. The molecule has 0 spiro atoms.